The van der Waals surface area contributed by atoms with E-state index in [1.165, 1.54) is 12.3 Å². The second kappa shape index (κ2) is 10.6. The van der Waals surface area contributed by atoms with Crippen LogP contribution in [0, 0.1) is 11.7 Å². The zero-order valence-corrected chi connectivity index (χ0v) is 20.4. The van der Waals surface area contributed by atoms with Gasteiger partial charge >= 0.3 is 5.97 Å². The molecule has 0 amide bonds. The molecule has 3 rings (SSSR count). The largest absolute Gasteiger partial charge is 0.489 e. The fourth-order valence-electron chi connectivity index (χ4n) is 4.12. The van der Waals surface area contributed by atoms with Gasteiger partial charge in [0.15, 0.2) is 0 Å². The molecule has 1 unspecified atom stereocenters. The molecule has 2 aromatic carbocycles. The maximum absolute atomic E-state index is 14.6. The second-order valence-corrected chi connectivity index (χ2v) is 9.50. The van der Waals surface area contributed by atoms with Crippen molar-refractivity contribution in [2.45, 2.75) is 52.7 Å². The van der Waals surface area contributed by atoms with Crippen LogP contribution in [0.4, 0.5) is 4.39 Å². The fourth-order valence-corrected chi connectivity index (χ4v) is 4.32. The average molecular weight is 490 g/mol. The lowest BCUT2D eigenvalue weighted by molar-refractivity contribution is 0.0694. The highest BCUT2D eigenvalue weighted by Crippen LogP contribution is 2.33. The van der Waals surface area contributed by atoms with Crippen LogP contribution in [0.2, 0.25) is 5.02 Å². The predicted molar refractivity (Wildman–Crippen MR) is 131 cm³/mol. The number of halogens is 2. The van der Waals surface area contributed by atoms with Gasteiger partial charge in [0.25, 0.3) is 0 Å². The maximum atomic E-state index is 14.6. The van der Waals surface area contributed by atoms with E-state index in [0.29, 0.717) is 28.8 Å². The van der Waals surface area contributed by atoms with E-state index in [0.717, 1.165) is 0 Å². The van der Waals surface area contributed by atoms with Crippen molar-refractivity contribution in [2.75, 3.05) is 6.61 Å². The third kappa shape index (κ3) is 5.42. The van der Waals surface area contributed by atoms with Crippen LogP contribution in [0.3, 0.4) is 0 Å². The predicted octanol–water partition coefficient (Wildman–Crippen LogP) is 5.45. The molecule has 8 heteroatoms. The molecule has 1 atom stereocenters. The molecule has 0 aliphatic heterocycles. The normalized spacial score (nSPS) is 12.5. The first-order valence-corrected chi connectivity index (χ1v) is 11.6. The standard InChI is InChI=1S/C26H29ClFNO5/c1-14(2)8-18(13-30)29-12-20(26(32)33)25(31)19-10-16(11-22(24(19)29)34-15(3)4)9-17-6-5-7-21(27)23(17)28/h5-7,10-12,14-15,18,30H,8-9,13H2,1-4H3,(H,32,33). The van der Waals surface area contributed by atoms with Gasteiger partial charge in [-0.2, -0.15) is 0 Å². The Labute approximate surface area is 202 Å². The van der Waals surface area contributed by atoms with E-state index in [1.54, 1.807) is 28.8 Å². The van der Waals surface area contributed by atoms with E-state index in [4.69, 9.17) is 16.3 Å². The smallest absolute Gasteiger partial charge is 0.341 e. The number of ether oxygens (including phenoxy) is 1. The molecule has 1 heterocycles. The minimum atomic E-state index is -1.36. The maximum Gasteiger partial charge on any atom is 0.341 e. The van der Waals surface area contributed by atoms with Gasteiger partial charge in [-0.1, -0.05) is 37.6 Å². The minimum absolute atomic E-state index is 0.00747. The summed E-state index contributed by atoms with van der Waals surface area (Å²) in [4.78, 5) is 25.1. The summed E-state index contributed by atoms with van der Waals surface area (Å²) in [5.74, 6) is -1.34. The number of rotatable bonds is 9. The minimum Gasteiger partial charge on any atom is -0.489 e. The van der Waals surface area contributed by atoms with Gasteiger partial charge in [-0.25, -0.2) is 9.18 Å². The van der Waals surface area contributed by atoms with Gasteiger partial charge in [0.1, 0.15) is 17.1 Å². The number of hydrogen-bond acceptors (Lipinski definition) is 4. The number of fused-ring (bicyclic) bond motifs is 1. The molecule has 0 aliphatic rings. The van der Waals surface area contributed by atoms with Crippen molar-refractivity contribution in [1.29, 1.82) is 0 Å². The Balaban J connectivity index is 2.35. The van der Waals surface area contributed by atoms with Crippen molar-refractivity contribution in [3.63, 3.8) is 0 Å². The van der Waals surface area contributed by atoms with E-state index in [9.17, 15) is 24.2 Å². The average Bonchev–Trinajstić information content (AvgIpc) is 2.75. The number of aliphatic hydroxyl groups excluding tert-OH is 1. The van der Waals surface area contributed by atoms with Crippen molar-refractivity contribution < 1.29 is 24.1 Å². The molecular weight excluding hydrogens is 461 g/mol. The number of aromatic carboxylic acids is 1. The van der Waals surface area contributed by atoms with Crippen LogP contribution in [0.1, 0.15) is 61.6 Å². The van der Waals surface area contributed by atoms with Crippen LogP contribution in [0.25, 0.3) is 10.9 Å². The number of aliphatic hydroxyl groups is 1. The second-order valence-electron chi connectivity index (χ2n) is 9.10. The molecule has 1 aromatic heterocycles. The molecular formula is C26H29ClFNO5. The summed E-state index contributed by atoms with van der Waals surface area (Å²) in [6.45, 7) is 7.41. The van der Waals surface area contributed by atoms with Gasteiger partial charge < -0.3 is 19.5 Å². The lowest BCUT2D eigenvalue weighted by Crippen LogP contribution is -2.24. The van der Waals surface area contributed by atoms with Gasteiger partial charge in [0.2, 0.25) is 5.43 Å². The van der Waals surface area contributed by atoms with Crippen LogP contribution in [0.15, 0.2) is 41.3 Å². The number of carbonyl (C=O) groups is 1. The van der Waals surface area contributed by atoms with Gasteiger partial charge in [0, 0.05) is 12.6 Å². The van der Waals surface area contributed by atoms with Crippen molar-refractivity contribution >= 4 is 28.5 Å². The summed E-state index contributed by atoms with van der Waals surface area (Å²) >= 11 is 5.93. The fraction of sp³-hybridized carbons (Fsp3) is 0.385. The number of carboxylic acids is 1. The van der Waals surface area contributed by atoms with E-state index in [1.807, 2.05) is 27.7 Å². The summed E-state index contributed by atoms with van der Waals surface area (Å²) in [7, 11) is 0. The quantitative estimate of drug-likeness (QED) is 0.417. The summed E-state index contributed by atoms with van der Waals surface area (Å²) < 4.78 is 22.2. The van der Waals surface area contributed by atoms with Gasteiger partial charge in [0.05, 0.1) is 34.7 Å². The molecule has 0 bridgehead atoms. The highest BCUT2D eigenvalue weighted by Gasteiger charge is 2.23. The monoisotopic (exact) mass is 489 g/mol. The van der Waals surface area contributed by atoms with Crippen LogP contribution in [0.5, 0.6) is 5.75 Å². The SMILES string of the molecule is CC(C)CC(CO)n1cc(C(=O)O)c(=O)c2cc(Cc3cccc(Cl)c3F)cc(OC(C)C)c21. The Morgan fingerprint density at radius 3 is 2.50 bits per heavy atom. The highest BCUT2D eigenvalue weighted by atomic mass is 35.5. The summed E-state index contributed by atoms with van der Waals surface area (Å²) in [6.07, 6.45) is 1.72. The van der Waals surface area contributed by atoms with Crippen LogP contribution in [-0.4, -0.2) is 33.5 Å². The lowest BCUT2D eigenvalue weighted by Gasteiger charge is -2.25. The molecule has 2 N–H and O–H groups in total. The Morgan fingerprint density at radius 1 is 1.21 bits per heavy atom. The van der Waals surface area contributed by atoms with Gasteiger partial charge in [-0.3, -0.25) is 4.79 Å². The highest BCUT2D eigenvalue weighted by molar-refractivity contribution is 6.30. The number of aromatic nitrogens is 1. The summed E-state index contributed by atoms with van der Waals surface area (Å²) in [6, 6.07) is 7.52. The van der Waals surface area contributed by atoms with Gasteiger partial charge in [-0.15, -0.1) is 0 Å². The van der Waals surface area contributed by atoms with E-state index in [-0.39, 0.29) is 35.5 Å². The van der Waals surface area contributed by atoms with E-state index >= 15 is 0 Å². The first-order chi connectivity index (χ1) is 16.0. The molecule has 0 fully saturated rings. The first-order valence-electron chi connectivity index (χ1n) is 11.2. The molecule has 0 spiro atoms. The molecule has 0 saturated heterocycles. The molecule has 0 saturated carbocycles. The number of benzene rings is 2. The molecule has 6 nitrogen and oxygen atoms in total. The summed E-state index contributed by atoms with van der Waals surface area (Å²) in [5, 5.41) is 20.0. The molecule has 3 aromatic rings. The number of nitrogens with zero attached hydrogens (tertiary/aromatic N) is 1. The zero-order chi connectivity index (χ0) is 25.2. The number of pyridine rings is 1. The Kier molecular flexibility index (Phi) is 8.00. The van der Waals surface area contributed by atoms with Crippen LogP contribution < -0.4 is 10.2 Å². The molecule has 34 heavy (non-hydrogen) atoms. The number of hydrogen-bond donors (Lipinski definition) is 2. The van der Waals surface area contributed by atoms with Crippen molar-refractivity contribution in [3.05, 3.63) is 74.3 Å². The van der Waals surface area contributed by atoms with E-state index < -0.39 is 28.8 Å². The van der Waals surface area contributed by atoms with Crippen molar-refractivity contribution in [3.8, 4) is 5.75 Å². The lowest BCUT2D eigenvalue weighted by atomic mass is 9.99. The third-order valence-corrected chi connectivity index (χ3v) is 5.81. The summed E-state index contributed by atoms with van der Waals surface area (Å²) in [5.41, 5.74) is 0.238. The zero-order valence-electron chi connectivity index (χ0n) is 19.6. The van der Waals surface area contributed by atoms with Gasteiger partial charge in [-0.05, 0) is 55.5 Å². The third-order valence-electron chi connectivity index (χ3n) is 5.52. The topological polar surface area (TPSA) is 88.8 Å². The van der Waals surface area contributed by atoms with Crippen molar-refractivity contribution in [1.82, 2.24) is 4.57 Å². The molecule has 182 valence electrons. The van der Waals surface area contributed by atoms with Crippen molar-refractivity contribution in [2.24, 2.45) is 5.92 Å². The molecule has 0 radical (unpaired) electrons. The molecule has 0 aliphatic carbocycles. The van der Waals surface area contributed by atoms with E-state index in [2.05, 4.69) is 0 Å². The van der Waals surface area contributed by atoms with Crippen LogP contribution in [-0.2, 0) is 6.42 Å². The Hall–Kier alpha value is -2.90. The first kappa shape index (κ1) is 25.7. The Morgan fingerprint density at radius 2 is 1.91 bits per heavy atom. The Bertz CT molecular complexity index is 1270. The van der Waals surface area contributed by atoms with Crippen LogP contribution >= 0.6 is 11.6 Å². The number of carboxylic acid groups (broad SMARTS) is 1.